The Hall–Kier alpha value is -3.60. The molecule has 0 aliphatic heterocycles. The lowest BCUT2D eigenvalue weighted by Gasteiger charge is -2.51. The molecule has 0 saturated heterocycles. The Kier molecular flexibility index (Phi) is 5.00. The van der Waals surface area contributed by atoms with Crippen molar-refractivity contribution in [3.63, 3.8) is 0 Å². The zero-order valence-electron chi connectivity index (χ0n) is 19.2. The first-order valence-corrected chi connectivity index (χ1v) is 11.3. The second kappa shape index (κ2) is 7.77. The molecule has 1 aromatic carbocycles. The van der Waals surface area contributed by atoms with Crippen LogP contribution in [0.3, 0.4) is 0 Å². The summed E-state index contributed by atoms with van der Waals surface area (Å²) in [5.41, 5.74) is 2.41. The molecular formula is C25H27N7O. The van der Waals surface area contributed by atoms with Gasteiger partial charge >= 0.3 is 0 Å². The van der Waals surface area contributed by atoms with Crippen LogP contribution in [0.5, 0.6) is 0 Å². The Morgan fingerprint density at radius 1 is 1.27 bits per heavy atom. The molecule has 2 aliphatic carbocycles. The van der Waals surface area contributed by atoms with Gasteiger partial charge in [-0.25, -0.2) is 9.97 Å². The molecule has 8 nitrogen and oxygen atoms in total. The van der Waals surface area contributed by atoms with E-state index >= 15 is 0 Å². The van der Waals surface area contributed by atoms with Crippen molar-refractivity contribution in [2.24, 2.45) is 12.5 Å². The normalized spacial score (nSPS) is 24.1. The van der Waals surface area contributed by atoms with Crippen molar-refractivity contribution in [1.29, 1.82) is 5.26 Å². The number of benzene rings is 1. The molecular weight excluding hydrogens is 414 g/mol. The standard InChI is InChI=1S/C25H27N7O/c1-16-9-20(30-22(28-16)17-7-8-17)23(33)29-19-6-4-5-18(10-19)25(12-24(2,13-25)14-26)11-21-31-27-15-32(21)3/h4-6,9-10,15,17H,7-8,11-13H2,1-3H3,(H,29,33)/t24-,25+. The highest BCUT2D eigenvalue weighted by Crippen LogP contribution is 2.57. The number of nitrogens with zero attached hydrogens (tertiary/aromatic N) is 6. The monoisotopic (exact) mass is 441 g/mol. The third-order valence-electron chi connectivity index (χ3n) is 6.81. The molecule has 0 bridgehead atoms. The number of carbonyl (C=O) groups excluding carboxylic acids is 1. The van der Waals surface area contributed by atoms with Crippen molar-refractivity contribution in [3.8, 4) is 6.07 Å². The predicted molar refractivity (Wildman–Crippen MR) is 122 cm³/mol. The number of nitrogens with one attached hydrogen (secondary N) is 1. The number of aromatic nitrogens is 5. The minimum atomic E-state index is -0.366. The molecule has 0 atom stereocenters. The molecule has 2 aromatic heterocycles. The van der Waals surface area contributed by atoms with E-state index in [2.05, 4.69) is 37.6 Å². The Morgan fingerprint density at radius 3 is 2.73 bits per heavy atom. The lowest BCUT2D eigenvalue weighted by molar-refractivity contribution is 0.0890. The van der Waals surface area contributed by atoms with E-state index < -0.39 is 0 Å². The third-order valence-corrected chi connectivity index (χ3v) is 6.81. The van der Waals surface area contributed by atoms with E-state index in [9.17, 15) is 10.1 Å². The summed E-state index contributed by atoms with van der Waals surface area (Å²) in [6.07, 6.45) is 6.02. The van der Waals surface area contributed by atoms with Crippen molar-refractivity contribution in [3.05, 3.63) is 65.3 Å². The number of hydrogen-bond donors (Lipinski definition) is 1. The second-order valence-corrected chi connectivity index (χ2v) is 9.90. The zero-order chi connectivity index (χ0) is 23.2. The van der Waals surface area contributed by atoms with Crippen LogP contribution in [-0.4, -0.2) is 30.6 Å². The number of anilines is 1. The van der Waals surface area contributed by atoms with Crippen LogP contribution < -0.4 is 5.32 Å². The maximum absolute atomic E-state index is 13.0. The summed E-state index contributed by atoms with van der Waals surface area (Å²) < 4.78 is 1.92. The fourth-order valence-electron chi connectivity index (χ4n) is 5.08. The fourth-order valence-corrected chi connectivity index (χ4v) is 5.08. The molecule has 1 N–H and O–H groups in total. The summed E-state index contributed by atoms with van der Waals surface area (Å²) in [7, 11) is 1.93. The Labute approximate surface area is 193 Å². The number of aryl methyl sites for hydroxylation is 2. The van der Waals surface area contributed by atoms with E-state index in [0.717, 1.165) is 48.6 Å². The molecule has 2 saturated carbocycles. The van der Waals surface area contributed by atoms with Gasteiger partial charge in [0.2, 0.25) is 0 Å². The Bertz CT molecular complexity index is 1260. The van der Waals surface area contributed by atoms with Crippen molar-refractivity contribution in [2.45, 2.75) is 57.3 Å². The van der Waals surface area contributed by atoms with Crippen LogP contribution in [0.25, 0.3) is 0 Å². The van der Waals surface area contributed by atoms with Crippen LogP contribution in [-0.2, 0) is 18.9 Å². The second-order valence-electron chi connectivity index (χ2n) is 9.90. The van der Waals surface area contributed by atoms with Crippen molar-refractivity contribution < 1.29 is 4.79 Å². The minimum absolute atomic E-state index is 0.226. The third kappa shape index (κ3) is 4.11. The summed E-state index contributed by atoms with van der Waals surface area (Å²) in [6, 6.07) is 12.1. The van der Waals surface area contributed by atoms with Gasteiger partial charge in [0, 0.05) is 36.2 Å². The summed E-state index contributed by atoms with van der Waals surface area (Å²) >= 11 is 0. The quantitative estimate of drug-likeness (QED) is 0.622. The van der Waals surface area contributed by atoms with Gasteiger partial charge in [-0.05, 0) is 63.3 Å². The van der Waals surface area contributed by atoms with E-state index in [0.29, 0.717) is 23.7 Å². The van der Waals surface area contributed by atoms with Gasteiger partial charge in [-0.2, -0.15) is 5.26 Å². The molecule has 33 heavy (non-hydrogen) atoms. The number of amides is 1. The molecule has 2 aliphatic rings. The van der Waals surface area contributed by atoms with Crippen LogP contribution in [0, 0.1) is 23.7 Å². The highest BCUT2D eigenvalue weighted by molar-refractivity contribution is 6.03. The highest BCUT2D eigenvalue weighted by atomic mass is 16.1. The van der Waals surface area contributed by atoms with Crippen LogP contribution in [0.2, 0.25) is 0 Å². The van der Waals surface area contributed by atoms with Crippen LogP contribution in [0.1, 0.15) is 71.9 Å². The average molecular weight is 442 g/mol. The molecule has 3 aromatic rings. The fraction of sp³-hybridized carbons (Fsp3) is 0.440. The van der Waals surface area contributed by atoms with E-state index in [4.69, 9.17) is 0 Å². The summed E-state index contributed by atoms with van der Waals surface area (Å²) in [6.45, 7) is 3.90. The maximum Gasteiger partial charge on any atom is 0.274 e. The molecule has 168 valence electrons. The number of nitriles is 1. The summed E-state index contributed by atoms with van der Waals surface area (Å²) in [4.78, 5) is 22.0. The van der Waals surface area contributed by atoms with Gasteiger partial charge in [-0.1, -0.05) is 12.1 Å². The van der Waals surface area contributed by atoms with Gasteiger partial charge in [0.05, 0.1) is 11.5 Å². The van der Waals surface area contributed by atoms with E-state index in [-0.39, 0.29) is 16.7 Å². The summed E-state index contributed by atoms with van der Waals surface area (Å²) in [5.74, 6) is 1.79. The van der Waals surface area contributed by atoms with Crippen LogP contribution in [0.4, 0.5) is 5.69 Å². The largest absolute Gasteiger partial charge is 0.321 e. The first-order chi connectivity index (χ1) is 15.8. The molecule has 2 fully saturated rings. The van der Waals surface area contributed by atoms with Gasteiger partial charge in [0.15, 0.2) is 0 Å². The molecule has 0 spiro atoms. The van der Waals surface area contributed by atoms with Gasteiger partial charge in [0.1, 0.15) is 23.7 Å². The lowest BCUT2D eigenvalue weighted by Crippen LogP contribution is -2.49. The maximum atomic E-state index is 13.0. The first kappa shape index (κ1) is 21.3. The van der Waals surface area contributed by atoms with Crippen LogP contribution in [0.15, 0.2) is 36.7 Å². The molecule has 2 heterocycles. The average Bonchev–Trinajstić information content (AvgIpc) is 3.55. The zero-order valence-corrected chi connectivity index (χ0v) is 19.2. The van der Waals surface area contributed by atoms with E-state index in [1.807, 2.05) is 43.7 Å². The first-order valence-electron chi connectivity index (χ1n) is 11.3. The topological polar surface area (TPSA) is 109 Å². The predicted octanol–water partition coefficient (Wildman–Crippen LogP) is 3.85. The van der Waals surface area contributed by atoms with E-state index in [1.165, 1.54) is 0 Å². The lowest BCUT2D eigenvalue weighted by atomic mass is 9.50. The molecule has 5 rings (SSSR count). The SMILES string of the molecule is Cc1cc(C(=O)Nc2cccc([C@]3(Cc4nncn4C)C[C@](C)(C#N)C3)c2)nc(C2CC2)n1. The molecule has 0 radical (unpaired) electrons. The Morgan fingerprint density at radius 2 is 2.06 bits per heavy atom. The molecule has 8 heteroatoms. The van der Waals surface area contributed by atoms with Gasteiger partial charge in [-0.3, -0.25) is 4.79 Å². The smallest absolute Gasteiger partial charge is 0.274 e. The Balaban J connectivity index is 1.41. The van der Waals surface area contributed by atoms with Gasteiger partial charge in [-0.15, -0.1) is 10.2 Å². The minimum Gasteiger partial charge on any atom is -0.321 e. The highest BCUT2D eigenvalue weighted by Gasteiger charge is 2.53. The van der Waals surface area contributed by atoms with Gasteiger partial charge < -0.3 is 9.88 Å². The molecule has 1 amide bonds. The number of hydrogen-bond acceptors (Lipinski definition) is 6. The van der Waals surface area contributed by atoms with Crippen molar-refractivity contribution in [2.75, 3.05) is 5.32 Å². The summed E-state index contributed by atoms with van der Waals surface area (Å²) in [5, 5.41) is 20.9. The van der Waals surface area contributed by atoms with E-state index in [1.54, 1.807) is 12.4 Å². The molecule has 0 unspecified atom stereocenters. The van der Waals surface area contributed by atoms with Crippen LogP contribution >= 0.6 is 0 Å². The number of rotatable bonds is 6. The van der Waals surface area contributed by atoms with Gasteiger partial charge in [0.25, 0.3) is 5.91 Å². The van der Waals surface area contributed by atoms with Crippen molar-refractivity contribution >= 4 is 11.6 Å². The van der Waals surface area contributed by atoms with Crippen molar-refractivity contribution in [1.82, 2.24) is 24.7 Å². The number of carbonyl (C=O) groups is 1.